The van der Waals surface area contributed by atoms with Crippen molar-refractivity contribution >= 4 is 29.1 Å². The third kappa shape index (κ3) is 6.55. The van der Waals surface area contributed by atoms with E-state index in [9.17, 15) is 9.59 Å². The first kappa shape index (κ1) is 21.7. The second-order valence-corrected chi connectivity index (χ2v) is 6.84. The van der Waals surface area contributed by atoms with Crippen LogP contribution in [-0.2, 0) is 16.1 Å². The first-order valence-corrected chi connectivity index (χ1v) is 9.44. The Labute approximate surface area is 171 Å². The number of nitrogens with one attached hydrogen (secondary N) is 1. The molecule has 0 saturated carbocycles. The number of ether oxygens (including phenoxy) is 1. The summed E-state index contributed by atoms with van der Waals surface area (Å²) in [7, 11) is 3.25. The van der Waals surface area contributed by atoms with E-state index in [0.29, 0.717) is 17.3 Å². The van der Waals surface area contributed by atoms with Crippen LogP contribution < -0.4 is 10.1 Å². The Morgan fingerprint density at radius 3 is 2.36 bits per heavy atom. The molecule has 28 heavy (non-hydrogen) atoms. The molecular weight excluding hydrogens is 378 g/mol. The fraction of sp³-hybridized carbons (Fsp3) is 0.333. The molecule has 0 aliphatic carbocycles. The third-order valence-corrected chi connectivity index (χ3v) is 4.66. The van der Waals surface area contributed by atoms with Crippen LogP contribution in [0.5, 0.6) is 5.75 Å². The van der Waals surface area contributed by atoms with Gasteiger partial charge in [0.15, 0.2) is 0 Å². The van der Waals surface area contributed by atoms with Crippen molar-refractivity contribution in [2.45, 2.75) is 13.5 Å². The number of methoxy groups -OCH3 is 1. The summed E-state index contributed by atoms with van der Waals surface area (Å²) in [5, 5.41) is 3.18. The summed E-state index contributed by atoms with van der Waals surface area (Å²) in [6, 6.07) is 14.7. The van der Waals surface area contributed by atoms with E-state index in [2.05, 4.69) is 5.32 Å². The largest absolute Gasteiger partial charge is 0.497 e. The maximum Gasteiger partial charge on any atom is 0.244 e. The number of nitrogens with zero attached hydrogens (tertiary/aromatic N) is 2. The number of rotatable bonds is 9. The Hall–Kier alpha value is -2.57. The van der Waals surface area contributed by atoms with Gasteiger partial charge in [-0.3, -0.25) is 14.5 Å². The van der Waals surface area contributed by atoms with E-state index in [4.69, 9.17) is 16.3 Å². The predicted molar refractivity (Wildman–Crippen MR) is 112 cm³/mol. The van der Waals surface area contributed by atoms with Crippen molar-refractivity contribution in [3.05, 3.63) is 59.1 Å². The zero-order chi connectivity index (χ0) is 20.5. The zero-order valence-corrected chi connectivity index (χ0v) is 17.2. The lowest BCUT2D eigenvalue weighted by Crippen LogP contribution is -2.41. The fourth-order valence-corrected chi connectivity index (χ4v) is 2.82. The number of para-hydroxylation sites is 1. The molecule has 2 amide bonds. The number of amides is 2. The number of likely N-dealkylation sites (N-methyl/N-ethyl adjacent to an activating group) is 2. The van der Waals surface area contributed by atoms with Gasteiger partial charge in [-0.1, -0.05) is 42.8 Å². The average molecular weight is 404 g/mol. The molecule has 2 aromatic carbocycles. The van der Waals surface area contributed by atoms with E-state index in [1.54, 1.807) is 38.4 Å². The van der Waals surface area contributed by atoms with Crippen molar-refractivity contribution in [2.75, 3.05) is 39.1 Å². The van der Waals surface area contributed by atoms with E-state index in [1.165, 1.54) is 4.90 Å². The van der Waals surface area contributed by atoms with Gasteiger partial charge in [-0.2, -0.15) is 0 Å². The van der Waals surface area contributed by atoms with Crippen molar-refractivity contribution in [3.63, 3.8) is 0 Å². The van der Waals surface area contributed by atoms with Crippen LogP contribution in [0.2, 0.25) is 5.02 Å². The fourth-order valence-electron chi connectivity index (χ4n) is 2.64. The Morgan fingerprint density at radius 2 is 1.75 bits per heavy atom. The van der Waals surface area contributed by atoms with E-state index in [1.807, 2.05) is 36.1 Å². The third-order valence-electron chi connectivity index (χ3n) is 4.33. The molecule has 0 bridgehead atoms. The van der Waals surface area contributed by atoms with E-state index < -0.39 is 0 Å². The van der Waals surface area contributed by atoms with Gasteiger partial charge in [-0.05, 0) is 36.4 Å². The summed E-state index contributed by atoms with van der Waals surface area (Å²) in [4.78, 5) is 28.2. The Morgan fingerprint density at radius 1 is 1.07 bits per heavy atom. The summed E-state index contributed by atoms with van der Waals surface area (Å²) in [5.74, 6) is 0.388. The molecule has 0 aliphatic heterocycles. The summed E-state index contributed by atoms with van der Waals surface area (Å²) in [6.45, 7) is 3.56. The first-order valence-electron chi connectivity index (χ1n) is 9.06. The topological polar surface area (TPSA) is 61.9 Å². The molecule has 1 N–H and O–H groups in total. The minimum Gasteiger partial charge on any atom is -0.497 e. The highest BCUT2D eigenvalue weighted by atomic mass is 35.5. The smallest absolute Gasteiger partial charge is 0.244 e. The number of halogens is 1. The highest BCUT2D eigenvalue weighted by Crippen LogP contribution is 2.20. The molecule has 0 heterocycles. The van der Waals surface area contributed by atoms with Gasteiger partial charge < -0.3 is 15.0 Å². The van der Waals surface area contributed by atoms with Gasteiger partial charge in [-0.15, -0.1) is 0 Å². The summed E-state index contributed by atoms with van der Waals surface area (Å²) in [5.41, 5.74) is 1.62. The van der Waals surface area contributed by atoms with Crippen LogP contribution in [0.4, 0.5) is 5.69 Å². The van der Waals surface area contributed by atoms with E-state index in [0.717, 1.165) is 17.9 Å². The maximum atomic E-state index is 12.5. The molecule has 7 heteroatoms. The van der Waals surface area contributed by atoms with Gasteiger partial charge in [0.05, 0.1) is 30.9 Å². The number of carbonyl (C=O) groups excluding carboxylic acids is 2. The number of carbonyl (C=O) groups is 2. The van der Waals surface area contributed by atoms with Gasteiger partial charge in [0.2, 0.25) is 11.8 Å². The maximum absolute atomic E-state index is 12.5. The normalized spacial score (nSPS) is 10.6. The zero-order valence-electron chi connectivity index (χ0n) is 16.4. The number of benzene rings is 2. The molecule has 0 fully saturated rings. The molecule has 6 nitrogen and oxygen atoms in total. The molecule has 2 aromatic rings. The first-order chi connectivity index (χ1) is 13.4. The minimum absolute atomic E-state index is 0.0376. The molecule has 0 aromatic heterocycles. The summed E-state index contributed by atoms with van der Waals surface area (Å²) in [6.07, 6.45) is 0. The van der Waals surface area contributed by atoms with Crippen LogP contribution >= 0.6 is 11.6 Å². The average Bonchev–Trinajstić information content (AvgIpc) is 2.69. The quantitative estimate of drug-likeness (QED) is 0.698. The molecule has 0 aliphatic rings. The van der Waals surface area contributed by atoms with Crippen LogP contribution in [-0.4, -0.2) is 55.4 Å². The van der Waals surface area contributed by atoms with Gasteiger partial charge in [0.25, 0.3) is 0 Å². The van der Waals surface area contributed by atoms with Crippen molar-refractivity contribution < 1.29 is 14.3 Å². The van der Waals surface area contributed by atoms with Gasteiger partial charge in [0.1, 0.15) is 5.75 Å². The van der Waals surface area contributed by atoms with Crippen LogP contribution in [0.15, 0.2) is 48.5 Å². The van der Waals surface area contributed by atoms with Crippen LogP contribution in [0, 0.1) is 0 Å². The van der Waals surface area contributed by atoms with Crippen LogP contribution in [0.1, 0.15) is 12.5 Å². The molecular formula is C21H26ClN3O3. The lowest BCUT2D eigenvalue weighted by molar-refractivity contribution is -0.134. The number of anilines is 1. The molecule has 0 unspecified atom stereocenters. The number of hydrogen-bond acceptors (Lipinski definition) is 4. The molecule has 0 atom stereocenters. The van der Waals surface area contributed by atoms with Gasteiger partial charge in [0, 0.05) is 13.6 Å². The van der Waals surface area contributed by atoms with Crippen LogP contribution in [0.25, 0.3) is 0 Å². The van der Waals surface area contributed by atoms with Crippen LogP contribution in [0.3, 0.4) is 0 Å². The minimum atomic E-state index is -0.290. The SMILES string of the molecule is CCN(CC(=O)N(C)CC(=O)Nc1ccccc1Cl)Cc1ccc(OC)cc1. The lowest BCUT2D eigenvalue weighted by Gasteiger charge is -2.24. The van der Waals surface area contributed by atoms with E-state index >= 15 is 0 Å². The monoisotopic (exact) mass is 403 g/mol. The highest BCUT2D eigenvalue weighted by molar-refractivity contribution is 6.33. The van der Waals surface area contributed by atoms with Gasteiger partial charge in [-0.25, -0.2) is 0 Å². The Kier molecular flexibility index (Phi) is 8.29. The van der Waals surface area contributed by atoms with Crippen molar-refractivity contribution in [1.29, 1.82) is 0 Å². The molecule has 0 spiro atoms. The predicted octanol–water partition coefficient (Wildman–Crippen LogP) is 3.27. The summed E-state index contributed by atoms with van der Waals surface area (Å²) >= 11 is 6.04. The second kappa shape index (κ2) is 10.7. The van der Waals surface area contributed by atoms with E-state index in [-0.39, 0.29) is 24.9 Å². The van der Waals surface area contributed by atoms with Crippen molar-refractivity contribution in [3.8, 4) is 5.75 Å². The van der Waals surface area contributed by atoms with Gasteiger partial charge >= 0.3 is 0 Å². The highest BCUT2D eigenvalue weighted by Gasteiger charge is 2.17. The standard InChI is InChI=1S/C21H26ClN3O3/c1-4-25(13-16-9-11-17(28-3)12-10-16)15-21(27)24(2)14-20(26)23-19-8-6-5-7-18(19)22/h5-12H,4,13-15H2,1-3H3,(H,23,26). The number of hydrogen-bond donors (Lipinski definition) is 1. The van der Waals surface area contributed by atoms with Crippen molar-refractivity contribution in [1.82, 2.24) is 9.80 Å². The summed E-state index contributed by atoms with van der Waals surface area (Å²) < 4.78 is 5.16. The molecule has 0 saturated heterocycles. The molecule has 150 valence electrons. The Bertz CT molecular complexity index is 796. The Balaban J connectivity index is 1.86. The van der Waals surface area contributed by atoms with Crippen molar-refractivity contribution in [2.24, 2.45) is 0 Å². The molecule has 2 rings (SSSR count). The second-order valence-electron chi connectivity index (χ2n) is 6.43. The molecule has 0 radical (unpaired) electrons. The lowest BCUT2D eigenvalue weighted by atomic mass is 10.2.